The summed E-state index contributed by atoms with van der Waals surface area (Å²) in [6, 6.07) is 2.67. The molecule has 6 heteroatoms. The highest BCUT2D eigenvalue weighted by atomic mass is 19.1. The monoisotopic (exact) mass is 326 g/mol. The number of halogens is 1. The average Bonchev–Trinajstić information content (AvgIpc) is 2.51. The van der Waals surface area contributed by atoms with Crippen molar-refractivity contribution in [1.82, 2.24) is 0 Å². The third-order valence-electron chi connectivity index (χ3n) is 3.52. The number of hydrogen-bond acceptors (Lipinski definition) is 5. The highest BCUT2D eigenvalue weighted by molar-refractivity contribution is 5.74. The van der Waals surface area contributed by atoms with Crippen LogP contribution in [-0.2, 0) is 32.2 Å². The van der Waals surface area contributed by atoms with Crippen LogP contribution in [0.4, 0.5) is 4.39 Å². The van der Waals surface area contributed by atoms with E-state index in [4.69, 9.17) is 18.9 Å². The highest BCUT2D eigenvalue weighted by Crippen LogP contribution is 2.30. The fraction of sp³-hybridized carbons (Fsp3) is 0.588. The van der Waals surface area contributed by atoms with Crippen LogP contribution in [0.5, 0.6) is 5.75 Å². The first-order valence-corrected chi connectivity index (χ1v) is 7.77. The first-order valence-electron chi connectivity index (χ1n) is 7.77. The molecule has 1 aromatic rings. The molecule has 0 spiro atoms. The lowest BCUT2D eigenvalue weighted by Crippen LogP contribution is -2.24. The lowest BCUT2D eigenvalue weighted by atomic mass is 10.1. The van der Waals surface area contributed by atoms with Gasteiger partial charge >= 0.3 is 5.97 Å². The van der Waals surface area contributed by atoms with Crippen LogP contribution in [-0.4, -0.2) is 25.5 Å². The Morgan fingerprint density at radius 3 is 2.87 bits per heavy atom. The smallest absolute Gasteiger partial charge is 0.335 e. The second kappa shape index (κ2) is 8.26. The topological polar surface area (TPSA) is 54.0 Å². The Morgan fingerprint density at radius 1 is 1.35 bits per heavy atom. The van der Waals surface area contributed by atoms with Crippen LogP contribution in [0, 0.1) is 11.7 Å². The van der Waals surface area contributed by atoms with E-state index < -0.39 is 17.9 Å². The molecular weight excluding hydrogens is 303 g/mol. The van der Waals surface area contributed by atoms with Crippen molar-refractivity contribution in [3.05, 3.63) is 29.1 Å². The molecule has 0 aromatic heterocycles. The summed E-state index contributed by atoms with van der Waals surface area (Å²) in [6.07, 6.45) is 0.227. The molecule has 0 bridgehead atoms. The summed E-state index contributed by atoms with van der Waals surface area (Å²) in [4.78, 5) is 11.9. The lowest BCUT2D eigenvalue weighted by Gasteiger charge is -2.21. The number of fused-ring (bicyclic) bond motifs is 1. The number of ether oxygens (including phenoxy) is 4. The summed E-state index contributed by atoms with van der Waals surface area (Å²) in [7, 11) is 0. The molecule has 0 saturated carbocycles. The molecule has 23 heavy (non-hydrogen) atoms. The predicted molar refractivity (Wildman–Crippen MR) is 81.3 cm³/mol. The predicted octanol–water partition coefficient (Wildman–Crippen LogP) is 3.19. The second-order valence-electron chi connectivity index (χ2n) is 5.97. The van der Waals surface area contributed by atoms with Crippen molar-refractivity contribution in [2.75, 3.05) is 13.4 Å². The van der Waals surface area contributed by atoms with Gasteiger partial charge in [-0.2, -0.15) is 0 Å². The Bertz CT molecular complexity index is 544. The fourth-order valence-corrected chi connectivity index (χ4v) is 2.18. The summed E-state index contributed by atoms with van der Waals surface area (Å²) in [5.41, 5.74) is 1.11. The van der Waals surface area contributed by atoms with Crippen molar-refractivity contribution < 1.29 is 28.1 Å². The Morgan fingerprint density at radius 2 is 2.13 bits per heavy atom. The molecule has 1 unspecified atom stereocenters. The van der Waals surface area contributed by atoms with Crippen LogP contribution in [0.15, 0.2) is 12.1 Å². The molecule has 1 aromatic carbocycles. The van der Waals surface area contributed by atoms with Crippen LogP contribution in [0.1, 0.15) is 38.3 Å². The van der Waals surface area contributed by atoms with Gasteiger partial charge in [-0.1, -0.05) is 13.8 Å². The number of esters is 1. The van der Waals surface area contributed by atoms with E-state index in [2.05, 4.69) is 13.8 Å². The van der Waals surface area contributed by atoms with Crippen molar-refractivity contribution in [3.63, 3.8) is 0 Å². The van der Waals surface area contributed by atoms with Crippen molar-refractivity contribution >= 4 is 5.97 Å². The maximum atomic E-state index is 13.6. The molecule has 5 nitrogen and oxygen atoms in total. The van der Waals surface area contributed by atoms with E-state index in [0.717, 1.165) is 6.42 Å². The molecule has 2 rings (SSSR count). The minimum absolute atomic E-state index is 0.0587. The van der Waals surface area contributed by atoms with Gasteiger partial charge in [-0.25, -0.2) is 9.18 Å². The van der Waals surface area contributed by atoms with Gasteiger partial charge in [0.15, 0.2) is 12.9 Å². The molecule has 0 saturated heterocycles. The quantitative estimate of drug-likeness (QED) is 0.720. The van der Waals surface area contributed by atoms with Gasteiger partial charge in [-0.3, -0.25) is 0 Å². The summed E-state index contributed by atoms with van der Waals surface area (Å²) in [5.74, 6) is 0.152. The zero-order valence-electron chi connectivity index (χ0n) is 13.8. The van der Waals surface area contributed by atoms with E-state index in [1.165, 1.54) is 12.1 Å². The summed E-state index contributed by atoms with van der Waals surface area (Å²) in [5, 5.41) is 0. The Hall–Kier alpha value is -1.66. The van der Waals surface area contributed by atoms with Crippen molar-refractivity contribution in [3.8, 4) is 5.75 Å². The van der Waals surface area contributed by atoms with Gasteiger partial charge < -0.3 is 18.9 Å². The minimum atomic E-state index is -0.651. The van der Waals surface area contributed by atoms with Gasteiger partial charge in [-0.15, -0.1) is 0 Å². The van der Waals surface area contributed by atoms with E-state index in [-0.39, 0.29) is 20.0 Å². The minimum Gasteiger partial charge on any atom is -0.467 e. The molecule has 1 atom stereocenters. The van der Waals surface area contributed by atoms with Crippen LogP contribution in [0.25, 0.3) is 0 Å². The SMILES string of the molecule is CC(C)CCOC(C)C(=O)OCc1cc(F)cc2c1OCOC2. The molecule has 0 fully saturated rings. The number of carbonyl (C=O) groups excluding carboxylic acids is 1. The summed E-state index contributed by atoms with van der Waals surface area (Å²) < 4.78 is 34.8. The lowest BCUT2D eigenvalue weighted by molar-refractivity contribution is -0.157. The third-order valence-corrected chi connectivity index (χ3v) is 3.52. The van der Waals surface area contributed by atoms with Gasteiger partial charge in [0.05, 0.1) is 6.61 Å². The van der Waals surface area contributed by atoms with E-state index in [0.29, 0.717) is 29.4 Å². The molecule has 0 radical (unpaired) electrons. The zero-order valence-corrected chi connectivity index (χ0v) is 13.8. The maximum absolute atomic E-state index is 13.6. The number of hydrogen-bond donors (Lipinski definition) is 0. The number of rotatable bonds is 7. The van der Waals surface area contributed by atoms with Crippen LogP contribution < -0.4 is 4.74 Å². The zero-order chi connectivity index (χ0) is 16.8. The van der Waals surface area contributed by atoms with Crippen molar-refractivity contribution in [2.24, 2.45) is 5.92 Å². The van der Waals surface area contributed by atoms with Gasteiger partial charge in [0.25, 0.3) is 0 Å². The first kappa shape index (κ1) is 17.7. The van der Waals surface area contributed by atoms with Crippen LogP contribution >= 0.6 is 0 Å². The molecule has 0 N–H and O–H groups in total. The standard InChI is InChI=1S/C17H23FO5/c1-11(2)4-5-21-12(3)17(19)22-9-14-7-15(18)6-13-8-20-10-23-16(13)14/h6-7,11-12H,4-5,8-10H2,1-3H3. The highest BCUT2D eigenvalue weighted by Gasteiger charge is 2.20. The van der Waals surface area contributed by atoms with Gasteiger partial charge in [0.1, 0.15) is 18.2 Å². The Labute approximate surface area is 135 Å². The van der Waals surface area contributed by atoms with Gasteiger partial charge in [-0.05, 0) is 31.4 Å². The first-order chi connectivity index (χ1) is 11.0. The Kier molecular flexibility index (Phi) is 6.36. The molecular formula is C17H23FO5. The third kappa shape index (κ3) is 5.18. The van der Waals surface area contributed by atoms with Gasteiger partial charge in [0.2, 0.25) is 0 Å². The van der Waals surface area contributed by atoms with E-state index in [9.17, 15) is 9.18 Å². The molecule has 128 valence electrons. The second-order valence-corrected chi connectivity index (χ2v) is 5.97. The average molecular weight is 326 g/mol. The normalized spacial score (nSPS) is 15.0. The van der Waals surface area contributed by atoms with E-state index in [1.807, 2.05) is 0 Å². The van der Waals surface area contributed by atoms with Crippen LogP contribution in [0.2, 0.25) is 0 Å². The summed E-state index contributed by atoms with van der Waals surface area (Å²) in [6.45, 7) is 6.65. The maximum Gasteiger partial charge on any atom is 0.335 e. The van der Waals surface area contributed by atoms with Crippen LogP contribution in [0.3, 0.4) is 0 Å². The Balaban J connectivity index is 1.90. The van der Waals surface area contributed by atoms with E-state index >= 15 is 0 Å². The number of carbonyl (C=O) groups is 1. The molecule has 1 heterocycles. The largest absolute Gasteiger partial charge is 0.467 e. The van der Waals surface area contributed by atoms with Crippen molar-refractivity contribution in [1.29, 1.82) is 0 Å². The number of benzene rings is 1. The molecule has 0 amide bonds. The van der Waals surface area contributed by atoms with Crippen molar-refractivity contribution in [2.45, 2.75) is 46.5 Å². The fourth-order valence-electron chi connectivity index (χ4n) is 2.18. The molecule has 1 aliphatic heterocycles. The van der Waals surface area contributed by atoms with Gasteiger partial charge in [0, 0.05) is 17.7 Å². The van der Waals surface area contributed by atoms with E-state index in [1.54, 1.807) is 6.92 Å². The summed E-state index contributed by atoms with van der Waals surface area (Å²) >= 11 is 0. The molecule has 1 aliphatic rings. The molecule has 0 aliphatic carbocycles.